The predicted molar refractivity (Wildman–Crippen MR) is 93.0 cm³/mol. The van der Waals surface area contributed by atoms with Gasteiger partial charge in [0.25, 0.3) is 0 Å². The fourth-order valence-corrected chi connectivity index (χ4v) is 4.12. The first-order valence-electron chi connectivity index (χ1n) is 8.80. The Hall–Kier alpha value is -2.27. The third-order valence-electron chi connectivity index (χ3n) is 5.45. The van der Waals surface area contributed by atoms with E-state index < -0.39 is 0 Å². The van der Waals surface area contributed by atoms with Crippen LogP contribution in [0.3, 0.4) is 0 Å². The second-order valence-electron chi connectivity index (χ2n) is 7.20. The van der Waals surface area contributed by atoms with E-state index >= 15 is 0 Å². The molecule has 5 heteroatoms. The summed E-state index contributed by atoms with van der Waals surface area (Å²) in [6, 6.07) is 10.6. The molecule has 1 aromatic carbocycles. The molecule has 1 unspecified atom stereocenters. The summed E-state index contributed by atoms with van der Waals surface area (Å²) in [4.78, 5) is 21.3. The van der Waals surface area contributed by atoms with Crippen molar-refractivity contribution < 1.29 is 9.18 Å². The summed E-state index contributed by atoms with van der Waals surface area (Å²) in [7, 11) is 0. The Bertz CT molecular complexity index is 767. The van der Waals surface area contributed by atoms with E-state index in [2.05, 4.69) is 9.88 Å². The van der Waals surface area contributed by atoms with E-state index in [1.165, 1.54) is 17.7 Å². The summed E-state index contributed by atoms with van der Waals surface area (Å²) < 4.78 is 13.4. The van der Waals surface area contributed by atoms with Crippen molar-refractivity contribution in [3.05, 3.63) is 65.7 Å². The molecule has 2 aliphatic heterocycles. The monoisotopic (exact) mass is 339 g/mol. The lowest BCUT2D eigenvalue weighted by Crippen LogP contribution is -2.36. The third-order valence-corrected chi connectivity index (χ3v) is 5.45. The topological polar surface area (TPSA) is 36.4 Å². The van der Waals surface area contributed by atoms with Gasteiger partial charge in [0.2, 0.25) is 5.91 Å². The summed E-state index contributed by atoms with van der Waals surface area (Å²) in [5.74, 6) is -0.0164. The second kappa shape index (κ2) is 6.56. The highest BCUT2D eigenvalue weighted by Crippen LogP contribution is 2.41. The smallest absolute Gasteiger partial charge is 0.230 e. The van der Waals surface area contributed by atoms with Crippen LogP contribution in [0.1, 0.15) is 24.0 Å². The molecule has 4 rings (SSSR count). The minimum Gasteiger partial charge on any atom is -0.338 e. The second-order valence-corrected chi connectivity index (χ2v) is 7.20. The van der Waals surface area contributed by atoms with Gasteiger partial charge in [-0.05, 0) is 54.8 Å². The van der Waals surface area contributed by atoms with Crippen molar-refractivity contribution >= 4 is 5.91 Å². The first-order chi connectivity index (χ1) is 12.1. The zero-order chi connectivity index (χ0) is 17.3. The minimum atomic E-state index is -0.250. The lowest BCUT2D eigenvalue weighted by atomic mass is 9.85. The number of hydrogen-bond acceptors (Lipinski definition) is 3. The number of amides is 1. The molecule has 2 aliphatic rings. The van der Waals surface area contributed by atoms with Crippen LogP contribution in [0.25, 0.3) is 0 Å². The van der Waals surface area contributed by atoms with Crippen LogP contribution in [0.4, 0.5) is 4.39 Å². The van der Waals surface area contributed by atoms with Crippen LogP contribution in [-0.2, 0) is 17.9 Å². The molecule has 0 aliphatic carbocycles. The maximum Gasteiger partial charge on any atom is 0.230 e. The lowest BCUT2D eigenvalue weighted by molar-refractivity contribution is -0.136. The fraction of sp³-hybridized carbons (Fsp3) is 0.400. The van der Waals surface area contributed by atoms with Gasteiger partial charge in [-0.2, -0.15) is 0 Å². The van der Waals surface area contributed by atoms with Gasteiger partial charge in [0.1, 0.15) is 5.82 Å². The zero-order valence-corrected chi connectivity index (χ0v) is 14.2. The van der Waals surface area contributed by atoms with Gasteiger partial charge in [-0.3, -0.25) is 14.7 Å². The standard InChI is InChI=1S/C20H22FN3O/c21-18-3-1-2-17(12-18)14-24-11-7-20(19(24)25)6-10-23(15-20)13-16-4-8-22-9-5-16/h1-5,8-9,12H,6-7,10-11,13-15H2. The van der Waals surface area contributed by atoms with Crippen molar-refractivity contribution in [2.45, 2.75) is 25.9 Å². The number of pyridine rings is 1. The third kappa shape index (κ3) is 3.29. The first kappa shape index (κ1) is 16.2. The van der Waals surface area contributed by atoms with Crippen LogP contribution in [0, 0.1) is 11.2 Å². The number of rotatable bonds is 4. The molecular formula is C20H22FN3O. The molecule has 1 aromatic heterocycles. The van der Waals surface area contributed by atoms with Gasteiger partial charge in [-0.1, -0.05) is 12.1 Å². The summed E-state index contributed by atoms with van der Waals surface area (Å²) in [5, 5.41) is 0. The van der Waals surface area contributed by atoms with Crippen molar-refractivity contribution in [2.75, 3.05) is 19.6 Å². The van der Waals surface area contributed by atoms with Crippen LogP contribution >= 0.6 is 0 Å². The highest BCUT2D eigenvalue weighted by atomic mass is 19.1. The maximum absolute atomic E-state index is 13.4. The lowest BCUT2D eigenvalue weighted by Gasteiger charge is -2.24. The minimum absolute atomic E-state index is 0.231. The van der Waals surface area contributed by atoms with Crippen molar-refractivity contribution in [3.63, 3.8) is 0 Å². The van der Waals surface area contributed by atoms with E-state index in [4.69, 9.17) is 0 Å². The van der Waals surface area contributed by atoms with Crippen LogP contribution < -0.4 is 0 Å². The van der Waals surface area contributed by atoms with E-state index in [9.17, 15) is 9.18 Å². The van der Waals surface area contributed by atoms with Crippen molar-refractivity contribution in [1.29, 1.82) is 0 Å². The molecule has 2 saturated heterocycles. The first-order valence-corrected chi connectivity index (χ1v) is 8.80. The number of benzene rings is 1. The number of carbonyl (C=O) groups excluding carboxylic acids is 1. The Labute approximate surface area is 147 Å². The predicted octanol–water partition coefficient (Wildman–Crippen LogP) is 2.85. The summed E-state index contributed by atoms with van der Waals surface area (Å²) in [5.41, 5.74) is 1.84. The van der Waals surface area contributed by atoms with Crippen LogP contribution in [0.5, 0.6) is 0 Å². The highest BCUT2D eigenvalue weighted by Gasteiger charge is 2.50. The summed E-state index contributed by atoms with van der Waals surface area (Å²) in [6.45, 7) is 3.89. The summed E-state index contributed by atoms with van der Waals surface area (Å²) >= 11 is 0. The average molecular weight is 339 g/mol. The van der Waals surface area contributed by atoms with Crippen molar-refractivity contribution in [1.82, 2.24) is 14.8 Å². The molecule has 4 nitrogen and oxygen atoms in total. The molecule has 1 amide bonds. The zero-order valence-electron chi connectivity index (χ0n) is 14.2. The van der Waals surface area contributed by atoms with Crippen LogP contribution in [0.2, 0.25) is 0 Å². The Kier molecular flexibility index (Phi) is 4.25. The normalized spacial score (nSPS) is 23.7. The molecule has 2 fully saturated rings. The summed E-state index contributed by atoms with van der Waals surface area (Å²) in [6.07, 6.45) is 5.43. The molecule has 0 saturated carbocycles. The number of halogens is 1. The van der Waals surface area contributed by atoms with Gasteiger partial charge < -0.3 is 4.90 Å². The van der Waals surface area contributed by atoms with Gasteiger partial charge in [-0.25, -0.2) is 4.39 Å². The van der Waals surface area contributed by atoms with E-state index in [1.807, 2.05) is 35.5 Å². The number of nitrogens with zero attached hydrogens (tertiary/aromatic N) is 3. The van der Waals surface area contributed by atoms with E-state index in [1.54, 1.807) is 6.07 Å². The Morgan fingerprint density at radius 3 is 2.64 bits per heavy atom. The van der Waals surface area contributed by atoms with Crippen molar-refractivity contribution in [2.24, 2.45) is 5.41 Å². The SMILES string of the molecule is O=C1N(Cc2cccc(F)c2)CCC12CCN(Cc1ccncc1)C2. The van der Waals surface area contributed by atoms with Gasteiger partial charge in [0.05, 0.1) is 5.41 Å². The largest absolute Gasteiger partial charge is 0.338 e. The van der Waals surface area contributed by atoms with Crippen molar-refractivity contribution in [3.8, 4) is 0 Å². The van der Waals surface area contributed by atoms with E-state index in [-0.39, 0.29) is 17.1 Å². The molecule has 25 heavy (non-hydrogen) atoms. The Balaban J connectivity index is 1.41. The molecule has 0 bridgehead atoms. The molecule has 3 heterocycles. The van der Waals surface area contributed by atoms with Crippen LogP contribution in [0.15, 0.2) is 48.8 Å². The maximum atomic E-state index is 13.4. The molecule has 2 aromatic rings. The Morgan fingerprint density at radius 2 is 1.84 bits per heavy atom. The van der Waals surface area contributed by atoms with Gasteiger partial charge in [0, 0.05) is 38.6 Å². The number of likely N-dealkylation sites (tertiary alicyclic amines) is 2. The molecule has 130 valence electrons. The average Bonchev–Trinajstić information content (AvgIpc) is 3.15. The molecule has 1 spiro atoms. The molecular weight excluding hydrogens is 317 g/mol. The quantitative estimate of drug-likeness (QED) is 0.859. The molecule has 0 radical (unpaired) electrons. The Morgan fingerprint density at radius 1 is 1.04 bits per heavy atom. The molecule has 1 atom stereocenters. The number of aromatic nitrogens is 1. The number of hydrogen-bond donors (Lipinski definition) is 0. The van der Waals surface area contributed by atoms with Gasteiger partial charge >= 0.3 is 0 Å². The number of carbonyl (C=O) groups is 1. The molecule has 0 N–H and O–H groups in total. The fourth-order valence-electron chi connectivity index (χ4n) is 4.12. The van der Waals surface area contributed by atoms with Crippen LogP contribution in [-0.4, -0.2) is 40.3 Å². The van der Waals surface area contributed by atoms with E-state index in [0.717, 1.165) is 44.6 Å². The van der Waals surface area contributed by atoms with E-state index in [0.29, 0.717) is 6.54 Å². The highest BCUT2D eigenvalue weighted by molar-refractivity contribution is 5.85. The van der Waals surface area contributed by atoms with Gasteiger partial charge in [-0.15, -0.1) is 0 Å². The van der Waals surface area contributed by atoms with Gasteiger partial charge in [0.15, 0.2) is 0 Å².